The number of benzene rings is 1. The minimum absolute atomic E-state index is 0.0320. The van der Waals surface area contributed by atoms with E-state index >= 15 is 0 Å². The number of thioether (sulfide) groups is 1. The Morgan fingerprint density at radius 2 is 2.17 bits per heavy atom. The number of carbonyl (C=O) groups is 2. The third-order valence-corrected chi connectivity index (χ3v) is 7.01. The second kappa shape index (κ2) is 6.10. The molecular formula is C19H23NO3S. The molecule has 0 radical (unpaired) electrons. The molecule has 4 nitrogen and oxygen atoms in total. The lowest BCUT2D eigenvalue weighted by atomic mass is 9.78. The highest BCUT2D eigenvalue weighted by molar-refractivity contribution is 7.99. The first-order chi connectivity index (χ1) is 11.6. The number of rotatable bonds is 3. The summed E-state index contributed by atoms with van der Waals surface area (Å²) in [6.45, 7) is 0.690. The van der Waals surface area contributed by atoms with Crippen LogP contribution >= 0.6 is 11.8 Å². The zero-order chi connectivity index (χ0) is 16.7. The van der Waals surface area contributed by atoms with Crippen molar-refractivity contribution in [3.63, 3.8) is 0 Å². The van der Waals surface area contributed by atoms with Gasteiger partial charge in [0.2, 0.25) is 5.91 Å². The number of nitrogens with zero attached hydrogens (tertiary/aromatic N) is 1. The Morgan fingerprint density at radius 3 is 3.00 bits per heavy atom. The van der Waals surface area contributed by atoms with Crippen LogP contribution in [0.4, 0.5) is 0 Å². The maximum absolute atomic E-state index is 13.2. The average molecular weight is 345 g/mol. The molecule has 3 aliphatic rings. The average Bonchev–Trinajstić information content (AvgIpc) is 3.29. The number of hydrogen-bond acceptors (Lipinski definition) is 3. The van der Waals surface area contributed by atoms with E-state index in [1.54, 1.807) is 11.8 Å². The fourth-order valence-corrected chi connectivity index (χ4v) is 5.73. The van der Waals surface area contributed by atoms with Crippen molar-refractivity contribution in [2.45, 2.75) is 43.6 Å². The van der Waals surface area contributed by atoms with Crippen LogP contribution in [0.3, 0.4) is 0 Å². The van der Waals surface area contributed by atoms with Gasteiger partial charge in [-0.05, 0) is 36.8 Å². The van der Waals surface area contributed by atoms with E-state index in [4.69, 9.17) is 5.11 Å². The summed E-state index contributed by atoms with van der Waals surface area (Å²) in [5.74, 6) is 1.09. The van der Waals surface area contributed by atoms with Gasteiger partial charge >= 0.3 is 5.97 Å². The van der Waals surface area contributed by atoms with E-state index in [1.807, 2.05) is 4.90 Å². The summed E-state index contributed by atoms with van der Waals surface area (Å²) in [7, 11) is 0. The van der Waals surface area contributed by atoms with E-state index in [0.717, 1.165) is 37.2 Å². The molecule has 1 saturated carbocycles. The third kappa shape index (κ3) is 2.63. The predicted molar refractivity (Wildman–Crippen MR) is 94.2 cm³/mol. The number of carboxylic acids is 1. The fourth-order valence-electron chi connectivity index (χ4n) is 4.67. The molecule has 1 heterocycles. The summed E-state index contributed by atoms with van der Waals surface area (Å²) in [6, 6.07) is 8.41. The molecule has 2 aliphatic carbocycles. The number of carboxylic acid groups (broad SMARTS) is 1. The summed E-state index contributed by atoms with van der Waals surface area (Å²) < 4.78 is 0. The molecule has 3 atom stereocenters. The SMILES string of the molecule is O=C(O)CC1CSCCN1C(=O)C1CC12CCCc1ccccc12. The Balaban J connectivity index is 1.55. The van der Waals surface area contributed by atoms with Gasteiger partial charge in [0.05, 0.1) is 12.5 Å². The van der Waals surface area contributed by atoms with Crippen molar-refractivity contribution in [2.75, 3.05) is 18.1 Å². The quantitative estimate of drug-likeness (QED) is 0.915. The lowest BCUT2D eigenvalue weighted by Crippen LogP contribution is -2.48. The third-order valence-electron chi connectivity index (χ3n) is 5.92. The molecular weight excluding hydrogens is 322 g/mol. The Bertz CT molecular complexity index is 676. The number of hydrogen-bond donors (Lipinski definition) is 1. The van der Waals surface area contributed by atoms with E-state index < -0.39 is 5.97 Å². The zero-order valence-electron chi connectivity index (χ0n) is 13.7. The van der Waals surface area contributed by atoms with Crippen LogP contribution in [0.15, 0.2) is 24.3 Å². The van der Waals surface area contributed by atoms with Crippen molar-refractivity contribution in [1.82, 2.24) is 4.90 Å². The zero-order valence-corrected chi connectivity index (χ0v) is 14.6. The van der Waals surface area contributed by atoms with E-state index in [0.29, 0.717) is 6.54 Å². The van der Waals surface area contributed by atoms with Gasteiger partial charge in [-0.25, -0.2) is 0 Å². The highest BCUT2D eigenvalue weighted by Gasteiger charge is 2.61. The van der Waals surface area contributed by atoms with Gasteiger partial charge in [-0.2, -0.15) is 11.8 Å². The molecule has 0 aromatic heterocycles. The monoisotopic (exact) mass is 345 g/mol. The smallest absolute Gasteiger partial charge is 0.305 e. The highest BCUT2D eigenvalue weighted by Crippen LogP contribution is 2.61. The van der Waals surface area contributed by atoms with Crippen LogP contribution in [0, 0.1) is 5.92 Å². The number of fused-ring (bicyclic) bond motifs is 2. The second-order valence-corrected chi connectivity index (χ2v) is 8.43. The van der Waals surface area contributed by atoms with Gasteiger partial charge in [-0.15, -0.1) is 0 Å². The first kappa shape index (κ1) is 16.0. The van der Waals surface area contributed by atoms with Gasteiger partial charge in [-0.3, -0.25) is 9.59 Å². The number of aryl methyl sites for hydroxylation is 1. The second-order valence-electron chi connectivity index (χ2n) is 7.28. The van der Waals surface area contributed by atoms with Crippen LogP contribution in [-0.4, -0.2) is 46.0 Å². The van der Waals surface area contributed by atoms with Gasteiger partial charge in [0.1, 0.15) is 0 Å². The molecule has 1 N–H and O–H groups in total. The summed E-state index contributed by atoms with van der Waals surface area (Å²) >= 11 is 1.76. The van der Waals surface area contributed by atoms with E-state index in [9.17, 15) is 9.59 Å². The molecule has 1 amide bonds. The van der Waals surface area contributed by atoms with Crippen molar-refractivity contribution < 1.29 is 14.7 Å². The Hall–Kier alpha value is -1.49. The number of amides is 1. The van der Waals surface area contributed by atoms with Crippen molar-refractivity contribution in [2.24, 2.45) is 5.92 Å². The molecule has 3 unspecified atom stereocenters. The van der Waals surface area contributed by atoms with E-state index in [1.165, 1.54) is 11.1 Å². The first-order valence-corrected chi connectivity index (χ1v) is 9.96. The Kier molecular flexibility index (Phi) is 4.07. The van der Waals surface area contributed by atoms with Gasteiger partial charge in [0.15, 0.2) is 0 Å². The van der Waals surface area contributed by atoms with Crippen LogP contribution in [0.5, 0.6) is 0 Å². The largest absolute Gasteiger partial charge is 0.481 e. The summed E-state index contributed by atoms with van der Waals surface area (Å²) in [6.07, 6.45) is 4.35. The minimum Gasteiger partial charge on any atom is -0.481 e. The van der Waals surface area contributed by atoms with Gasteiger partial charge < -0.3 is 10.0 Å². The highest BCUT2D eigenvalue weighted by atomic mass is 32.2. The maximum atomic E-state index is 13.2. The Morgan fingerprint density at radius 1 is 1.33 bits per heavy atom. The molecule has 0 bridgehead atoms. The van der Waals surface area contributed by atoms with Gasteiger partial charge in [0.25, 0.3) is 0 Å². The van der Waals surface area contributed by atoms with Crippen LogP contribution in [0.1, 0.15) is 36.8 Å². The lowest BCUT2D eigenvalue weighted by Gasteiger charge is -2.36. The maximum Gasteiger partial charge on any atom is 0.305 e. The molecule has 1 spiro atoms. The minimum atomic E-state index is -0.811. The van der Waals surface area contributed by atoms with Crippen molar-refractivity contribution in [3.05, 3.63) is 35.4 Å². The molecule has 2 fully saturated rings. The topological polar surface area (TPSA) is 57.6 Å². The molecule has 1 aliphatic heterocycles. The molecule has 1 saturated heterocycles. The van der Waals surface area contributed by atoms with Gasteiger partial charge in [0, 0.05) is 29.4 Å². The number of carbonyl (C=O) groups excluding carboxylic acids is 1. The van der Waals surface area contributed by atoms with Crippen molar-refractivity contribution in [1.29, 1.82) is 0 Å². The molecule has 1 aromatic carbocycles. The fraction of sp³-hybridized carbons (Fsp3) is 0.579. The summed E-state index contributed by atoms with van der Waals surface area (Å²) in [4.78, 5) is 26.2. The van der Waals surface area contributed by atoms with Crippen molar-refractivity contribution in [3.8, 4) is 0 Å². The summed E-state index contributed by atoms with van der Waals surface area (Å²) in [5.41, 5.74) is 2.80. The first-order valence-electron chi connectivity index (χ1n) is 8.80. The van der Waals surface area contributed by atoms with Crippen LogP contribution < -0.4 is 0 Å². The standard InChI is InChI=1S/C19H23NO3S/c21-17(22)10-14-12-24-9-8-20(14)18(23)16-11-19(16)7-3-5-13-4-1-2-6-15(13)19/h1-2,4,6,14,16H,3,5,7-12H2,(H,21,22). The van der Waals surface area contributed by atoms with Gasteiger partial charge in [-0.1, -0.05) is 24.3 Å². The Labute approximate surface area is 146 Å². The summed E-state index contributed by atoms with van der Waals surface area (Å²) in [5, 5.41) is 9.14. The number of aliphatic carboxylic acids is 1. The lowest BCUT2D eigenvalue weighted by molar-refractivity contribution is -0.141. The molecule has 5 heteroatoms. The van der Waals surface area contributed by atoms with E-state index in [-0.39, 0.29) is 29.7 Å². The molecule has 128 valence electrons. The van der Waals surface area contributed by atoms with Crippen molar-refractivity contribution >= 4 is 23.6 Å². The molecule has 1 aromatic rings. The van der Waals surface area contributed by atoms with Crippen LogP contribution in [0.2, 0.25) is 0 Å². The normalized spacial score (nSPS) is 31.6. The van der Waals surface area contributed by atoms with E-state index in [2.05, 4.69) is 24.3 Å². The van der Waals surface area contributed by atoms with Crippen LogP contribution in [0.25, 0.3) is 0 Å². The van der Waals surface area contributed by atoms with Crippen LogP contribution in [-0.2, 0) is 21.4 Å². The molecule has 24 heavy (non-hydrogen) atoms. The molecule has 4 rings (SSSR count). The predicted octanol–water partition coefficient (Wildman–Crippen LogP) is 2.70.